The van der Waals surface area contributed by atoms with Gasteiger partial charge in [-0.2, -0.15) is 4.65 Å². The van der Waals surface area contributed by atoms with Gasteiger partial charge in [-0.3, -0.25) is 4.90 Å². The van der Waals surface area contributed by atoms with Gasteiger partial charge in [0.05, 0.1) is 21.2 Å². The van der Waals surface area contributed by atoms with Crippen LogP contribution in [-0.2, 0) is 17.9 Å². The van der Waals surface area contributed by atoms with E-state index in [9.17, 15) is 0 Å². The van der Waals surface area contributed by atoms with Crippen LogP contribution in [0.15, 0.2) is 54.6 Å². The molecule has 0 spiro atoms. The predicted molar refractivity (Wildman–Crippen MR) is 97.5 cm³/mol. The molecule has 0 N–H and O–H groups in total. The lowest BCUT2D eigenvalue weighted by Gasteiger charge is -2.28. The molecule has 0 saturated heterocycles. The Morgan fingerprint density at radius 1 is 0.958 bits per heavy atom. The third kappa shape index (κ3) is 6.32. The highest BCUT2D eigenvalue weighted by molar-refractivity contribution is 5.27. The number of hydrogen-bond acceptors (Lipinski definition) is 3. The monoisotopic (exact) mass is 329 g/mol. The minimum atomic E-state index is 0.492. The number of ether oxygens (including phenoxy) is 1. The summed E-state index contributed by atoms with van der Waals surface area (Å²) in [6.45, 7) is 3.34. The first kappa shape index (κ1) is 18.5. The molecule has 0 heterocycles. The molecular formula is C20H29N2O2+. The number of benzene rings is 2. The number of hydroxylamine groups is 3. The minimum Gasteiger partial charge on any atom is -0.497 e. The molecule has 2 aromatic rings. The van der Waals surface area contributed by atoms with E-state index in [2.05, 4.69) is 62.4 Å². The molecule has 0 bridgehead atoms. The molecule has 4 heteroatoms. The molecule has 2 rings (SSSR count). The van der Waals surface area contributed by atoms with Crippen LogP contribution in [0.1, 0.15) is 11.1 Å². The van der Waals surface area contributed by atoms with Gasteiger partial charge in [-0.25, -0.2) is 4.84 Å². The van der Waals surface area contributed by atoms with Gasteiger partial charge in [0.25, 0.3) is 0 Å². The molecule has 0 aliphatic carbocycles. The Hall–Kier alpha value is -1.88. The highest BCUT2D eigenvalue weighted by atomic mass is 16.7. The van der Waals surface area contributed by atoms with Crippen LogP contribution in [0.3, 0.4) is 0 Å². The second kappa shape index (κ2) is 8.83. The fraction of sp³-hybridized carbons (Fsp3) is 0.400. The van der Waals surface area contributed by atoms with Gasteiger partial charge in [-0.15, -0.1) is 0 Å². The topological polar surface area (TPSA) is 21.7 Å². The van der Waals surface area contributed by atoms with Crippen molar-refractivity contribution in [3.8, 4) is 5.75 Å². The Kier molecular flexibility index (Phi) is 6.79. The summed E-state index contributed by atoms with van der Waals surface area (Å²) < 4.78 is 5.78. The quantitative estimate of drug-likeness (QED) is 0.520. The van der Waals surface area contributed by atoms with Crippen molar-refractivity contribution in [2.45, 2.75) is 13.1 Å². The van der Waals surface area contributed by atoms with Crippen molar-refractivity contribution in [2.75, 3.05) is 41.4 Å². The number of nitrogens with zero attached hydrogens (tertiary/aromatic N) is 2. The van der Waals surface area contributed by atoms with E-state index < -0.39 is 0 Å². The van der Waals surface area contributed by atoms with Crippen LogP contribution in [0.2, 0.25) is 0 Å². The molecule has 0 radical (unpaired) electrons. The van der Waals surface area contributed by atoms with Crippen LogP contribution in [0.4, 0.5) is 0 Å². The molecule has 130 valence electrons. The van der Waals surface area contributed by atoms with E-state index in [0.29, 0.717) is 11.3 Å². The highest BCUT2D eigenvalue weighted by Crippen LogP contribution is 2.16. The first-order valence-corrected chi connectivity index (χ1v) is 8.31. The average Bonchev–Trinajstić information content (AvgIpc) is 2.55. The number of quaternary nitrogens is 1. The average molecular weight is 329 g/mol. The lowest BCUT2D eigenvalue weighted by molar-refractivity contribution is -1.09. The van der Waals surface area contributed by atoms with Crippen LogP contribution in [0, 0.1) is 0 Å². The van der Waals surface area contributed by atoms with Gasteiger partial charge in [0, 0.05) is 18.7 Å². The van der Waals surface area contributed by atoms with Gasteiger partial charge in [0.15, 0.2) is 0 Å². The van der Waals surface area contributed by atoms with Crippen molar-refractivity contribution in [1.82, 2.24) is 4.90 Å². The normalized spacial score (nSPS) is 11.7. The Bertz CT molecular complexity index is 614. The fourth-order valence-electron chi connectivity index (χ4n) is 2.67. The van der Waals surface area contributed by atoms with Gasteiger partial charge >= 0.3 is 0 Å². The number of methoxy groups -OCH3 is 1. The third-order valence-corrected chi connectivity index (χ3v) is 3.91. The Morgan fingerprint density at radius 3 is 2.38 bits per heavy atom. The minimum absolute atomic E-state index is 0.492. The molecule has 0 unspecified atom stereocenters. The molecule has 24 heavy (non-hydrogen) atoms. The summed E-state index contributed by atoms with van der Waals surface area (Å²) in [6.07, 6.45) is 0. The first-order chi connectivity index (χ1) is 11.5. The van der Waals surface area contributed by atoms with Crippen molar-refractivity contribution < 1.29 is 14.2 Å². The summed E-state index contributed by atoms with van der Waals surface area (Å²) in [7, 11) is 7.98. The molecule has 0 aliphatic rings. The summed E-state index contributed by atoms with van der Waals surface area (Å²) in [4.78, 5) is 8.35. The maximum atomic E-state index is 6.07. The summed E-state index contributed by atoms with van der Waals surface area (Å²) >= 11 is 0. The molecular weight excluding hydrogens is 300 g/mol. The SMILES string of the molecule is COc1cccc(C[N+](C)(C)OCCN(C)Cc2ccccc2)c1. The molecule has 0 aliphatic heterocycles. The van der Waals surface area contributed by atoms with E-state index in [-0.39, 0.29) is 0 Å². The van der Waals surface area contributed by atoms with Crippen molar-refractivity contribution in [2.24, 2.45) is 0 Å². The third-order valence-electron chi connectivity index (χ3n) is 3.91. The van der Waals surface area contributed by atoms with Gasteiger partial charge in [-0.1, -0.05) is 42.5 Å². The van der Waals surface area contributed by atoms with E-state index in [1.54, 1.807) is 7.11 Å². The number of hydrogen-bond donors (Lipinski definition) is 0. The lowest BCUT2D eigenvalue weighted by Crippen LogP contribution is -2.40. The summed E-state index contributed by atoms with van der Waals surface area (Å²) in [5, 5.41) is 0. The highest BCUT2D eigenvalue weighted by Gasteiger charge is 2.18. The van der Waals surface area contributed by atoms with Gasteiger partial charge in [-0.05, 0) is 24.7 Å². The summed E-state index contributed by atoms with van der Waals surface area (Å²) in [5.41, 5.74) is 2.53. The smallest absolute Gasteiger partial charge is 0.134 e. The van der Waals surface area contributed by atoms with E-state index in [4.69, 9.17) is 9.57 Å². The van der Waals surface area contributed by atoms with E-state index in [1.165, 1.54) is 11.1 Å². The van der Waals surface area contributed by atoms with Crippen molar-refractivity contribution in [3.63, 3.8) is 0 Å². The van der Waals surface area contributed by atoms with Crippen molar-refractivity contribution in [1.29, 1.82) is 0 Å². The maximum Gasteiger partial charge on any atom is 0.134 e. The maximum absolute atomic E-state index is 6.07. The molecule has 0 aromatic heterocycles. The second-order valence-electron chi connectivity index (χ2n) is 6.64. The zero-order valence-electron chi connectivity index (χ0n) is 15.2. The first-order valence-electron chi connectivity index (χ1n) is 8.31. The zero-order chi connectivity index (χ0) is 17.4. The number of rotatable bonds is 9. The lowest BCUT2D eigenvalue weighted by atomic mass is 10.2. The van der Waals surface area contributed by atoms with Crippen LogP contribution >= 0.6 is 0 Å². The zero-order valence-corrected chi connectivity index (χ0v) is 15.2. The summed E-state index contributed by atoms with van der Waals surface area (Å²) in [6, 6.07) is 18.6. The summed E-state index contributed by atoms with van der Waals surface area (Å²) in [5.74, 6) is 0.884. The second-order valence-corrected chi connectivity index (χ2v) is 6.64. The van der Waals surface area contributed by atoms with E-state index in [0.717, 1.165) is 25.4 Å². The van der Waals surface area contributed by atoms with Gasteiger partial charge < -0.3 is 4.74 Å². The molecule has 0 atom stereocenters. The van der Waals surface area contributed by atoms with Crippen LogP contribution in [-0.4, -0.2) is 51.0 Å². The Morgan fingerprint density at radius 2 is 1.67 bits per heavy atom. The van der Waals surface area contributed by atoms with Crippen molar-refractivity contribution in [3.05, 3.63) is 65.7 Å². The van der Waals surface area contributed by atoms with Gasteiger partial charge in [0.1, 0.15) is 18.9 Å². The standard InChI is InChI=1S/C20H29N2O2/c1-21(16-18-9-6-5-7-10-18)13-14-24-22(2,3)17-19-11-8-12-20(15-19)23-4/h5-12,15H,13-14,16-17H2,1-4H3/q+1. The molecule has 4 nitrogen and oxygen atoms in total. The van der Waals surface area contributed by atoms with Crippen LogP contribution in [0.25, 0.3) is 0 Å². The van der Waals surface area contributed by atoms with Crippen LogP contribution in [0.5, 0.6) is 5.75 Å². The molecule has 0 saturated carbocycles. The molecule has 0 amide bonds. The Balaban J connectivity index is 1.77. The largest absolute Gasteiger partial charge is 0.497 e. The predicted octanol–water partition coefficient (Wildman–Crippen LogP) is 3.34. The fourth-order valence-corrected chi connectivity index (χ4v) is 2.67. The van der Waals surface area contributed by atoms with Gasteiger partial charge in [0.2, 0.25) is 0 Å². The Labute approximate surface area is 145 Å². The molecule has 2 aromatic carbocycles. The number of likely N-dealkylation sites (N-methyl/N-ethyl adjacent to an activating group) is 1. The molecule has 0 fully saturated rings. The van der Waals surface area contributed by atoms with E-state index >= 15 is 0 Å². The van der Waals surface area contributed by atoms with E-state index in [1.807, 2.05) is 18.2 Å². The van der Waals surface area contributed by atoms with Crippen molar-refractivity contribution >= 4 is 0 Å². The van der Waals surface area contributed by atoms with Crippen LogP contribution < -0.4 is 4.74 Å².